The van der Waals surface area contributed by atoms with E-state index in [1.807, 2.05) is 0 Å². The minimum Gasteiger partial charge on any atom is -0.445 e. The Morgan fingerprint density at radius 1 is 0.862 bits per heavy atom. The SMILES string of the molecule is CC(C)[C@H](NC(=O)CN=[N+]=[N-])C(=O)N[C@@H](CCCNC(N)=O)C(=O)Nc1ccc(COC(=O)N(C)CCN(C)C(=O)O[C@@H]2[C@@H]3OP(O)(=S)OC[C@H]4O[C@@H](n5cnc6c(N)ncnc65)[C@H](F)[C@@H]4OP(=O)(O)OC[C@H]3O[C@H]2n2cnc3c(N)ncnc32)cc1. The fourth-order valence-electron chi connectivity index (χ4n) is 9.07. The van der Waals surface area contributed by atoms with Gasteiger partial charge in [0.25, 0.3) is 0 Å². The number of carbonyl (C=O) groups is 6. The van der Waals surface area contributed by atoms with Crippen molar-refractivity contribution in [3.8, 4) is 0 Å². The number of urea groups is 1. The summed E-state index contributed by atoms with van der Waals surface area (Å²) >= 11 is 5.43. The third-order valence-electron chi connectivity index (χ3n) is 13.5. The summed E-state index contributed by atoms with van der Waals surface area (Å²) in [7, 11) is -2.55. The molecular weight excluding hydrogens is 1220 g/mol. The lowest BCUT2D eigenvalue weighted by molar-refractivity contribution is -0.131. The van der Waals surface area contributed by atoms with Crippen LogP contribution in [0.25, 0.3) is 32.8 Å². The number of aromatic nitrogens is 8. The number of phosphoric acid groups is 1. The van der Waals surface area contributed by atoms with Gasteiger partial charge in [-0.3, -0.25) is 37.1 Å². The maximum Gasteiger partial charge on any atom is 0.472 e. The van der Waals surface area contributed by atoms with Gasteiger partial charge in [-0.15, -0.1) is 0 Å². The molecule has 0 aliphatic carbocycles. The standard InChI is InChI=1S/C46H61FN20O17P2S/c1-22(2)30(62-28(68)14-59-63-51)41(70)61-25(6-5-11-52-44(50)71)40(69)60-24-9-7-23(8-10-24)15-77-45(72)64(3)12-13-65(4)46(73)82-35-34-27(81-43(35)67-21-58-32-37(49)54-19-56-39(32)67)16-78-85(74,75)83-33-26(17-79-86(76,87)84-34)80-42(29(33)47)66-20-57-31-36(48)53-18-55-38(31)66/h7-10,18-22,25-27,29-30,33-35,42-43H,5-6,11-17H2,1-4H3,(H,60,69)(H,61,70)(H,62,68)(H,74,75)(H,76,87)(H2,48,53,55)(H2,49,54,56)(H3,50,52,71)/t25-,26+,27+,29+,30-,33+,34+,35+,42+,43+,86?/m0/s1. The molecule has 87 heavy (non-hydrogen) atoms. The molecule has 12 N–H and O–H groups in total. The molecule has 470 valence electrons. The summed E-state index contributed by atoms with van der Waals surface area (Å²) in [5, 5.41) is 13.4. The number of hydrogen-bond acceptors (Lipinski definition) is 25. The Labute approximate surface area is 496 Å². The summed E-state index contributed by atoms with van der Waals surface area (Å²) in [4.78, 5) is 130. The van der Waals surface area contributed by atoms with Crippen molar-refractivity contribution in [3.63, 3.8) is 0 Å². The number of fused-ring (bicyclic) bond motifs is 4. The monoisotopic (exact) mass is 1280 g/mol. The number of carbonyl (C=O) groups excluding carboxylic acids is 6. The van der Waals surface area contributed by atoms with E-state index in [2.05, 4.69) is 61.2 Å². The van der Waals surface area contributed by atoms with Gasteiger partial charge in [-0.25, -0.2) is 53.2 Å². The second-order valence-corrected chi connectivity index (χ2v) is 24.2. The van der Waals surface area contributed by atoms with Gasteiger partial charge in [-0.2, -0.15) is 0 Å². The minimum absolute atomic E-state index is 0.0216. The van der Waals surface area contributed by atoms with Crippen LogP contribution in [0.1, 0.15) is 44.7 Å². The van der Waals surface area contributed by atoms with Crippen molar-refractivity contribution in [2.45, 2.75) is 94.5 Å². The van der Waals surface area contributed by atoms with Gasteiger partial charge < -0.3 is 81.5 Å². The molecule has 37 nitrogen and oxygen atoms in total. The lowest BCUT2D eigenvalue weighted by atomic mass is 10.0. The van der Waals surface area contributed by atoms with Gasteiger partial charge in [0.15, 0.2) is 47.7 Å². The number of halogens is 1. The average Bonchev–Trinajstić information content (AvgIpc) is 1.72. The van der Waals surface area contributed by atoms with Crippen LogP contribution >= 0.6 is 14.5 Å². The first-order valence-electron chi connectivity index (χ1n) is 26.3. The van der Waals surface area contributed by atoms with Crippen LogP contribution in [0.2, 0.25) is 0 Å². The van der Waals surface area contributed by atoms with Crippen molar-refractivity contribution < 1.29 is 84.6 Å². The maximum absolute atomic E-state index is 16.4. The fraction of sp³-hybridized carbons (Fsp3) is 0.522. The zero-order chi connectivity index (χ0) is 62.9. The third kappa shape index (κ3) is 16.1. The van der Waals surface area contributed by atoms with E-state index >= 15 is 4.39 Å². The predicted molar refractivity (Wildman–Crippen MR) is 300 cm³/mol. The van der Waals surface area contributed by atoms with Gasteiger partial charge in [0.05, 0.1) is 25.9 Å². The van der Waals surface area contributed by atoms with Crippen LogP contribution < -0.4 is 38.5 Å². The van der Waals surface area contributed by atoms with E-state index < -0.39 is 137 Å². The number of amides is 7. The summed E-state index contributed by atoms with van der Waals surface area (Å²) in [6.45, 7) is -3.91. The van der Waals surface area contributed by atoms with Gasteiger partial charge in [-0.1, -0.05) is 31.1 Å². The summed E-state index contributed by atoms with van der Waals surface area (Å²) in [5.74, 6) is -2.53. The zero-order valence-electron chi connectivity index (χ0n) is 46.6. The van der Waals surface area contributed by atoms with Crippen LogP contribution in [0.4, 0.5) is 36.1 Å². The molecule has 8 rings (SSSR count). The Morgan fingerprint density at radius 3 is 2.08 bits per heavy atom. The van der Waals surface area contributed by atoms with E-state index in [4.69, 9.17) is 71.6 Å². The number of nitrogens with two attached hydrogens (primary N) is 3. The molecule has 3 aliphatic heterocycles. The van der Waals surface area contributed by atoms with Crippen molar-refractivity contribution >= 4 is 102 Å². The highest BCUT2D eigenvalue weighted by Crippen LogP contribution is 2.54. The number of alkyl halides is 1. The number of primary amides is 1. The Hall–Kier alpha value is -8.06. The first-order chi connectivity index (χ1) is 41.3. The van der Waals surface area contributed by atoms with Gasteiger partial charge in [0, 0.05) is 44.3 Å². The average molecular weight is 1280 g/mol. The van der Waals surface area contributed by atoms with Crippen molar-refractivity contribution in [2.75, 3.05) is 70.3 Å². The Kier molecular flexibility index (Phi) is 21.0. The highest BCUT2D eigenvalue weighted by molar-refractivity contribution is 8.07. The molecule has 0 radical (unpaired) electrons. The van der Waals surface area contributed by atoms with Gasteiger partial charge in [0.1, 0.15) is 73.3 Å². The molecule has 7 amide bonds. The number of phosphoric ester groups is 1. The quantitative estimate of drug-likeness (QED) is 0.0173. The molecule has 2 unspecified atom stereocenters. The number of imidazole rings is 2. The van der Waals surface area contributed by atoms with E-state index in [0.717, 1.165) is 33.3 Å². The van der Waals surface area contributed by atoms with Gasteiger partial charge >= 0.3 is 32.8 Å². The first kappa shape index (κ1) is 64.9. The van der Waals surface area contributed by atoms with Crippen molar-refractivity contribution in [3.05, 3.63) is 65.6 Å². The largest absolute Gasteiger partial charge is 0.472 e. The number of nitrogen functional groups attached to an aromatic ring is 2. The van der Waals surface area contributed by atoms with Gasteiger partial charge in [-0.05, 0) is 53.8 Å². The molecule has 41 heteroatoms. The molecule has 5 aromatic rings. The predicted octanol–water partition coefficient (Wildman–Crippen LogP) is 1.13. The fourth-order valence-corrected chi connectivity index (χ4v) is 11.5. The lowest BCUT2D eigenvalue weighted by Gasteiger charge is -2.31. The van der Waals surface area contributed by atoms with E-state index in [-0.39, 0.29) is 73.0 Å². The second-order valence-electron chi connectivity index (χ2n) is 20.0. The van der Waals surface area contributed by atoms with E-state index in [1.165, 1.54) is 37.1 Å². The Morgan fingerprint density at radius 2 is 1.46 bits per heavy atom. The topological polar surface area (TPSA) is 502 Å². The summed E-state index contributed by atoms with van der Waals surface area (Å²) in [6.07, 6.45) is -10.6. The summed E-state index contributed by atoms with van der Waals surface area (Å²) in [5.41, 5.74) is 26.8. The number of nitrogens with zero attached hydrogens (tertiary/aromatic N) is 13. The number of hydrogen-bond donors (Lipinski definition) is 9. The van der Waals surface area contributed by atoms with Gasteiger partial charge in [0.2, 0.25) is 17.7 Å². The number of benzene rings is 1. The van der Waals surface area contributed by atoms with Crippen LogP contribution in [0.3, 0.4) is 0 Å². The molecule has 1 aromatic carbocycles. The van der Waals surface area contributed by atoms with Crippen molar-refractivity contribution in [1.82, 2.24) is 64.8 Å². The number of rotatable bonds is 20. The second kappa shape index (κ2) is 28.2. The number of azide groups is 1. The first-order valence-corrected chi connectivity index (χ1v) is 30.4. The highest BCUT2D eigenvalue weighted by atomic mass is 32.5. The number of nitrogens with one attached hydrogen (secondary N) is 4. The van der Waals surface area contributed by atoms with Crippen molar-refractivity contribution in [1.29, 1.82) is 0 Å². The molecule has 0 saturated carbocycles. The highest BCUT2D eigenvalue weighted by Gasteiger charge is 2.55. The van der Waals surface area contributed by atoms with Crippen LogP contribution in [0.5, 0.6) is 0 Å². The number of ether oxygens (including phenoxy) is 4. The molecule has 0 bridgehead atoms. The van der Waals surface area contributed by atoms with E-state index in [1.54, 1.807) is 26.0 Å². The molecule has 3 saturated heterocycles. The molecule has 3 fully saturated rings. The third-order valence-corrected chi connectivity index (χ3v) is 16.1. The molecule has 4 aromatic heterocycles. The van der Waals surface area contributed by atoms with Crippen LogP contribution in [-0.2, 0) is 74.4 Å². The van der Waals surface area contributed by atoms with E-state index in [9.17, 15) is 43.1 Å². The van der Waals surface area contributed by atoms with Crippen LogP contribution in [0, 0.1) is 5.92 Å². The smallest absolute Gasteiger partial charge is 0.445 e. The molecule has 7 heterocycles. The summed E-state index contributed by atoms with van der Waals surface area (Å²) < 4.78 is 78.8. The molecule has 3 aliphatic rings. The minimum atomic E-state index is -5.28. The normalized spacial score (nSPS) is 25.3. The molecular formula is C46H61FN20O17P2S. The number of likely N-dealkylation sites (N-methyl/N-ethyl adjacent to an activating group) is 2. The lowest BCUT2D eigenvalue weighted by Crippen LogP contribution is -2.55. The molecule has 12 atom stereocenters. The Balaban J connectivity index is 0.897. The zero-order valence-corrected chi connectivity index (χ0v) is 49.2. The van der Waals surface area contributed by atoms with Crippen molar-refractivity contribution in [2.24, 2.45) is 16.8 Å². The van der Waals surface area contributed by atoms with Crippen LogP contribution in [0.15, 0.2) is 54.7 Å². The molecule has 0 spiro atoms. The number of anilines is 3. The Bertz CT molecular complexity index is 3500. The van der Waals surface area contributed by atoms with E-state index in [0.29, 0.717) is 11.3 Å². The van der Waals surface area contributed by atoms with Crippen LogP contribution in [-0.4, -0.2) is 197 Å². The summed E-state index contributed by atoms with van der Waals surface area (Å²) in [6, 6.07) is 3.13. The maximum atomic E-state index is 16.4.